The molecule has 1 N–H and O–H groups in total. The lowest BCUT2D eigenvalue weighted by atomic mass is 10.0. The molecule has 4 nitrogen and oxygen atoms in total. The van der Waals surface area contributed by atoms with Crippen LogP contribution in [0.2, 0.25) is 0 Å². The van der Waals surface area contributed by atoms with E-state index in [1.165, 1.54) is 5.56 Å². The minimum Gasteiger partial charge on any atom is -0.436 e. The molecule has 3 aromatic carbocycles. The van der Waals surface area contributed by atoms with E-state index in [1.54, 1.807) is 0 Å². The number of amides is 1. The van der Waals surface area contributed by atoms with E-state index in [4.69, 9.17) is 4.42 Å². The van der Waals surface area contributed by atoms with Crippen LogP contribution in [0.15, 0.2) is 71.1 Å². The summed E-state index contributed by atoms with van der Waals surface area (Å²) in [6.45, 7) is 4.33. The molecule has 0 radical (unpaired) electrons. The molecule has 0 aliphatic rings. The second kappa shape index (κ2) is 7.75. The zero-order valence-electron chi connectivity index (χ0n) is 15.6. The first-order valence-electron chi connectivity index (χ1n) is 9.08. The van der Waals surface area contributed by atoms with E-state index in [9.17, 15) is 4.79 Å². The van der Waals surface area contributed by atoms with E-state index in [0.29, 0.717) is 34.2 Å². The highest BCUT2D eigenvalue weighted by Crippen LogP contribution is 2.27. The molecule has 0 saturated carbocycles. The lowest BCUT2D eigenvalue weighted by Gasteiger charge is -2.06. The number of rotatable bonds is 4. The summed E-state index contributed by atoms with van der Waals surface area (Å²) >= 11 is 2.16. The van der Waals surface area contributed by atoms with Crippen LogP contribution < -0.4 is 5.32 Å². The van der Waals surface area contributed by atoms with Crippen LogP contribution >= 0.6 is 22.6 Å². The maximum Gasteiger partial charge on any atom is 0.256 e. The summed E-state index contributed by atoms with van der Waals surface area (Å²) in [6.07, 6.45) is 0. The van der Waals surface area contributed by atoms with E-state index in [2.05, 4.69) is 58.9 Å². The standard InChI is InChI=1S/C23H19IN2O2/c1-14(2)15-7-9-16(10-8-15)23-26-20-13-17(11-12-21(20)28-23)25-22(27)18-5-3-4-6-19(18)24/h3-14H,1-2H3,(H,25,27). The largest absolute Gasteiger partial charge is 0.436 e. The predicted octanol–water partition coefficient (Wildman–Crippen LogP) is 6.48. The van der Waals surface area contributed by atoms with Gasteiger partial charge in [-0.2, -0.15) is 0 Å². The Hall–Kier alpha value is -2.67. The van der Waals surface area contributed by atoms with Gasteiger partial charge in [-0.1, -0.05) is 38.1 Å². The monoisotopic (exact) mass is 482 g/mol. The first-order valence-corrected chi connectivity index (χ1v) is 10.2. The van der Waals surface area contributed by atoms with E-state index in [0.717, 1.165) is 9.13 Å². The number of fused-ring (bicyclic) bond motifs is 1. The number of nitrogens with zero attached hydrogens (tertiary/aromatic N) is 1. The van der Waals surface area contributed by atoms with E-state index in [-0.39, 0.29) is 5.91 Å². The van der Waals surface area contributed by atoms with Crippen molar-refractivity contribution in [1.29, 1.82) is 0 Å². The quantitative estimate of drug-likeness (QED) is 0.339. The van der Waals surface area contributed by atoms with Crippen molar-refractivity contribution in [3.63, 3.8) is 0 Å². The smallest absolute Gasteiger partial charge is 0.256 e. The van der Waals surface area contributed by atoms with Crippen LogP contribution in [0, 0.1) is 3.57 Å². The molecule has 1 amide bonds. The molecule has 0 spiro atoms. The molecule has 140 valence electrons. The second-order valence-electron chi connectivity index (χ2n) is 6.91. The van der Waals surface area contributed by atoms with E-state index < -0.39 is 0 Å². The summed E-state index contributed by atoms with van der Waals surface area (Å²) < 4.78 is 6.80. The number of hydrogen-bond donors (Lipinski definition) is 1. The lowest BCUT2D eigenvalue weighted by molar-refractivity contribution is 0.102. The van der Waals surface area contributed by atoms with Gasteiger partial charge < -0.3 is 9.73 Å². The molecule has 1 heterocycles. The average molecular weight is 482 g/mol. The molecule has 0 bridgehead atoms. The molecule has 28 heavy (non-hydrogen) atoms. The van der Waals surface area contributed by atoms with Crippen LogP contribution in [0.3, 0.4) is 0 Å². The summed E-state index contributed by atoms with van der Waals surface area (Å²) in [7, 11) is 0. The Morgan fingerprint density at radius 3 is 2.50 bits per heavy atom. The Morgan fingerprint density at radius 2 is 1.79 bits per heavy atom. The summed E-state index contributed by atoms with van der Waals surface area (Å²) in [5.74, 6) is 0.917. The highest BCUT2D eigenvalue weighted by atomic mass is 127. The SMILES string of the molecule is CC(C)c1ccc(-c2nc3cc(NC(=O)c4ccccc4I)ccc3o2)cc1. The zero-order chi connectivity index (χ0) is 19.7. The second-order valence-corrected chi connectivity index (χ2v) is 8.07. The van der Waals surface area contributed by atoms with Gasteiger partial charge in [0, 0.05) is 14.8 Å². The first-order chi connectivity index (χ1) is 13.5. The molecule has 0 aliphatic carbocycles. The van der Waals surface area contributed by atoms with E-state index in [1.807, 2.05) is 54.6 Å². The van der Waals surface area contributed by atoms with Crippen molar-refractivity contribution >= 4 is 45.3 Å². The summed E-state index contributed by atoms with van der Waals surface area (Å²) in [5, 5.41) is 2.93. The molecule has 4 rings (SSSR count). The van der Waals surface area contributed by atoms with Crippen molar-refractivity contribution in [2.75, 3.05) is 5.32 Å². The number of hydrogen-bond acceptors (Lipinski definition) is 3. The van der Waals surface area contributed by atoms with Gasteiger partial charge in [-0.15, -0.1) is 0 Å². The van der Waals surface area contributed by atoms with Crippen LogP contribution in [0.4, 0.5) is 5.69 Å². The maximum absolute atomic E-state index is 12.5. The van der Waals surface area contributed by atoms with Crippen molar-refractivity contribution in [2.24, 2.45) is 0 Å². The topological polar surface area (TPSA) is 55.1 Å². The molecular formula is C23H19IN2O2. The van der Waals surface area contributed by atoms with Gasteiger partial charge in [-0.05, 0) is 76.5 Å². The van der Waals surface area contributed by atoms with Gasteiger partial charge in [0.25, 0.3) is 5.91 Å². The van der Waals surface area contributed by atoms with Crippen LogP contribution in [0.1, 0.15) is 35.7 Å². The Bertz CT molecular complexity index is 1150. The van der Waals surface area contributed by atoms with Crippen molar-refractivity contribution < 1.29 is 9.21 Å². The number of benzene rings is 3. The lowest BCUT2D eigenvalue weighted by Crippen LogP contribution is -2.13. The summed E-state index contributed by atoms with van der Waals surface area (Å²) in [6, 6.07) is 21.2. The van der Waals surface area contributed by atoms with Crippen molar-refractivity contribution in [1.82, 2.24) is 4.98 Å². The molecule has 0 atom stereocenters. The van der Waals surface area contributed by atoms with E-state index >= 15 is 0 Å². The fourth-order valence-electron chi connectivity index (χ4n) is 2.98. The average Bonchev–Trinajstić information content (AvgIpc) is 3.11. The van der Waals surface area contributed by atoms with Gasteiger partial charge in [-0.25, -0.2) is 4.98 Å². The van der Waals surface area contributed by atoms with Crippen molar-refractivity contribution in [3.05, 3.63) is 81.4 Å². The molecule has 1 aromatic heterocycles. The number of carbonyl (C=O) groups is 1. The van der Waals surface area contributed by atoms with Gasteiger partial charge in [-0.3, -0.25) is 4.79 Å². The molecule has 0 fully saturated rings. The van der Waals surface area contributed by atoms with Gasteiger partial charge >= 0.3 is 0 Å². The summed E-state index contributed by atoms with van der Waals surface area (Å²) in [5.41, 5.74) is 4.95. The maximum atomic E-state index is 12.5. The molecule has 0 saturated heterocycles. The third-order valence-corrected chi connectivity index (χ3v) is 5.53. The highest BCUT2D eigenvalue weighted by Gasteiger charge is 2.12. The normalized spacial score (nSPS) is 11.1. The van der Waals surface area contributed by atoms with Gasteiger partial charge in [0.15, 0.2) is 5.58 Å². The third kappa shape index (κ3) is 3.80. The first kappa shape index (κ1) is 18.7. The van der Waals surface area contributed by atoms with Crippen molar-refractivity contribution in [2.45, 2.75) is 19.8 Å². The minimum absolute atomic E-state index is 0.141. The van der Waals surface area contributed by atoms with Gasteiger partial charge in [0.1, 0.15) is 5.52 Å². The van der Waals surface area contributed by atoms with Gasteiger partial charge in [0.05, 0.1) is 5.56 Å². The van der Waals surface area contributed by atoms with Crippen LogP contribution in [0.5, 0.6) is 0 Å². The number of halogens is 1. The third-order valence-electron chi connectivity index (χ3n) is 4.59. The Labute approximate surface area is 177 Å². The van der Waals surface area contributed by atoms with Gasteiger partial charge in [0.2, 0.25) is 5.89 Å². The zero-order valence-corrected chi connectivity index (χ0v) is 17.7. The Kier molecular flexibility index (Phi) is 5.17. The molecule has 0 unspecified atom stereocenters. The number of oxazole rings is 1. The Morgan fingerprint density at radius 1 is 1.04 bits per heavy atom. The number of anilines is 1. The van der Waals surface area contributed by atoms with Crippen LogP contribution in [-0.2, 0) is 0 Å². The fraction of sp³-hybridized carbons (Fsp3) is 0.130. The molecule has 5 heteroatoms. The van der Waals surface area contributed by atoms with Crippen molar-refractivity contribution in [3.8, 4) is 11.5 Å². The Balaban J connectivity index is 1.60. The molecular weight excluding hydrogens is 463 g/mol. The summed E-state index contributed by atoms with van der Waals surface area (Å²) in [4.78, 5) is 17.1. The highest BCUT2D eigenvalue weighted by molar-refractivity contribution is 14.1. The van der Waals surface area contributed by atoms with Crippen LogP contribution in [0.25, 0.3) is 22.6 Å². The molecule has 0 aliphatic heterocycles. The molecule has 4 aromatic rings. The number of carbonyl (C=O) groups excluding carboxylic acids is 1. The predicted molar refractivity (Wildman–Crippen MR) is 121 cm³/mol. The number of nitrogens with one attached hydrogen (secondary N) is 1. The number of aromatic nitrogens is 1. The fourth-order valence-corrected chi connectivity index (χ4v) is 3.62. The van der Waals surface area contributed by atoms with Crippen LogP contribution in [-0.4, -0.2) is 10.9 Å². The minimum atomic E-state index is -0.141.